The van der Waals surface area contributed by atoms with Crippen molar-refractivity contribution in [2.24, 2.45) is 5.92 Å². The maximum Gasteiger partial charge on any atom is 0.119 e. The van der Waals surface area contributed by atoms with Crippen LogP contribution in [0.2, 0.25) is 0 Å². The molecule has 0 aliphatic rings. The number of rotatable bonds is 8. The molecule has 20 heavy (non-hydrogen) atoms. The van der Waals surface area contributed by atoms with Gasteiger partial charge < -0.3 is 14.6 Å². The highest BCUT2D eigenvalue weighted by Gasteiger charge is 2.02. The minimum absolute atomic E-state index is 0.650. The van der Waals surface area contributed by atoms with Gasteiger partial charge in [-0.15, -0.1) is 0 Å². The van der Waals surface area contributed by atoms with Gasteiger partial charge in [-0.2, -0.15) is 0 Å². The lowest BCUT2D eigenvalue weighted by molar-refractivity contribution is 0.296. The van der Waals surface area contributed by atoms with Gasteiger partial charge in [0.1, 0.15) is 12.4 Å². The van der Waals surface area contributed by atoms with Crippen molar-refractivity contribution < 1.29 is 4.74 Å². The Morgan fingerprint density at radius 2 is 2.05 bits per heavy atom. The molecule has 4 nitrogen and oxygen atoms in total. The van der Waals surface area contributed by atoms with Crippen LogP contribution in [0.15, 0.2) is 42.9 Å². The highest BCUT2D eigenvalue weighted by molar-refractivity contribution is 5.20. The summed E-state index contributed by atoms with van der Waals surface area (Å²) in [5.41, 5.74) is 1.20. The highest BCUT2D eigenvalue weighted by atomic mass is 16.5. The Morgan fingerprint density at radius 3 is 2.80 bits per heavy atom. The topological polar surface area (TPSA) is 39.1 Å². The molecule has 4 heteroatoms. The molecule has 1 aromatic heterocycles. The molecule has 0 radical (unpaired) electrons. The summed E-state index contributed by atoms with van der Waals surface area (Å²) < 4.78 is 7.84. The Balaban J connectivity index is 1.77. The first kappa shape index (κ1) is 14.6. The van der Waals surface area contributed by atoms with Gasteiger partial charge in [0, 0.05) is 12.7 Å². The summed E-state index contributed by atoms with van der Waals surface area (Å²) in [6.45, 7) is 7.75. The first-order valence-electron chi connectivity index (χ1n) is 7.13. The van der Waals surface area contributed by atoms with Crippen LogP contribution in [0.25, 0.3) is 0 Å². The molecule has 0 bridgehead atoms. The van der Waals surface area contributed by atoms with E-state index < -0.39 is 0 Å². The molecule has 0 saturated carbocycles. The lowest BCUT2D eigenvalue weighted by atomic mass is 10.2. The maximum atomic E-state index is 5.71. The molecule has 0 atom stereocenters. The minimum atomic E-state index is 0.650. The van der Waals surface area contributed by atoms with Crippen molar-refractivity contribution in [1.82, 2.24) is 14.9 Å². The average molecular weight is 273 g/mol. The summed E-state index contributed by atoms with van der Waals surface area (Å²) >= 11 is 0. The number of nitrogens with one attached hydrogen (secondary N) is 1. The normalized spacial score (nSPS) is 10.9. The largest absolute Gasteiger partial charge is 0.492 e. The van der Waals surface area contributed by atoms with E-state index in [1.165, 1.54) is 5.69 Å². The third-order valence-corrected chi connectivity index (χ3v) is 3.00. The van der Waals surface area contributed by atoms with Gasteiger partial charge in [0.15, 0.2) is 0 Å². The molecule has 1 N–H and O–H groups in total. The molecule has 0 aliphatic carbocycles. The van der Waals surface area contributed by atoms with Gasteiger partial charge in [0.2, 0.25) is 0 Å². The first-order chi connectivity index (χ1) is 9.75. The number of hydrogen-bond donors (Lipinski definition) is 1. The fourth-order valence-corrected chi connectivity index (χ4v) is 1.96. The van der Waals surface area contributed by atoms with Crippen LogP contribution in [-0.4, -0.2) is 22.7 Å². The van der Waals surface area contributed by atoms with Crippen LogP contribution in [0.4, 0.5) is 0 Å². The van der Waals surface area contributed by atoms with Crippen molar-refractivity contribution in [1.29, 1.82) is 0 Å². The summed E-state index contributed by atoms with van der Waals surface area (Å²) in [6.07, 6.45) is 3.77. The van der Waals surface area contributed by atoms with E-state index in [0.717, 1.165) is 25.4 Å². The van der Waals surface area contributed by atoms with Crippen molar-refractivity contribution >= 4 is 0 Å². The number of imidazole rings is 1. The number of aromatic nitrogens is 2. The third-order valence-electron chi connectivity index (χ3n) is 3.00. The van der Waals surface area contributed by atoms with E-state index in [2.05, 4.69) is 28.7 Å². The molecule has 2 aromatic rings. The van der Waals surface area contributed by atoms with Crippen LogP contribution < -0.4 is 10.1 Å². The van der Waals surface area contributed by atoms with Crippen LogP contribution in [-0.2, 0) is 13.1 Å². The highest BCUT2D eigenvalue weighted by Crippen LogP contribution is 2.08. The standard InChI is InChI=1S/C16H23N3O/c1-14(2)10-17-11-15-12-18-13-19(15)8-9-20-16-6-4-3-5-7-16/h3-7,12-14,17H,8-11H2,1-2H3. The predicted octanol–water partition coefficient (Wildman–Crippen LogP) is 2.71. The quantitative estimate of drug-likeness (QED) is 0.804. The fraction of sp³-hybridized carbons (Fsp3) is 0.438. The summed E-state index contributed by atoms with van der Waals surface area (Å²) in [6, 6.07) is 9.89. The zero-order valence-corrected chi connectivity index (χ0v) is 12.2. The predicted molar refractivity (Wildman–Crippen MR) is 80.7 cm³/mol. The Labute approximate surface area is 120 Å². The van der Waals surface area contributed by atoms with E-state index in [-0.39, 0.29) is 0 Å². The molecule has 0 aliphatic heterocycles. The molecule has 1 heterocycles. The molecule has 108 valence electrons. The van der Waals surface area contributed by atoms with Crippen LogP contribution in [0, 0.1) is 5.92 Å². The van der Waals surface area contributed by atoms with Crippen molar-refractivity contribution in [3.05, 3.63) is 48.5 Å². The molecular weight excluding hydrogens is 250 g/mol. The monoisotopic (exact) mass is 273 g/mol. The van der Waals surface area contributed by atoms with Gasteiger partial charge in [0.05, 0.1) is 18.6 Å². The van der Waals surface area contributed by atoms with E-state index in [1.807, 2.05) is 42.9 Å². The number of para-hydroxylation sites is 1. The second-order valence-corrected chi connectivity index (χ2v) is 5.26. The van der Waals surface area contributed by atoms with Crippen molar-refractivity contribution in [2.75, 3.05) is 13.2 Å². The zero-order valence-electron chi connectivity index (χ0n) is 12.2. The molecule has 1 aromatic carbocycles. The van der Waals surface area contributed by atoms with Crippen molar-refractivity contribution in [3.8, 4) is 5.75 Å². The third kappa shape index (κ3) is 4.70. The van der Waals surface area contributed by atoms with E-state index >= 15 is 0 Å². The van der Waals surface area contributed by atoms with Gasteiger partial charge in [-0.05, 0) is 24.6 Å². The van der Waals surface area contributed by atoms with Crippen LogP contribution in [0.5, 0.6) is 5.75 Å². The van der Waals surface area contributed by atoms with Gasteiger partial charge in [0.25, 0.3) is 0 Å². The number of ether oxygens (including phenoxy) is 1. The molecule has 0 saturated heterocycles. The molecule has 0 unspecified atom stereocenters. The van der Waals surface area contributed by atoms with E-state index in [9.17, 15) is 0 Å². The smallest absolute Gasteiger partial charge is 0.119 e. The Hall–Kier alpha value is -1.81. The lowest BCUT2D eigenvalue weighted by Gasteiger charge is -2.11. The van der Waals surface area contributed by atoms with Crippen LogP contribution in [0.3, 0.4) is 0 Å². The van der Waals surface area contributed by atoms with E-state index in [0.29, 0.717) is 12.5 Å². The van der Waals surface area contributed by atoms with Gasteiger partial charge in [-0.25, -0.2) is 4.98 Å². The van der Waals surface area contributed by atoms with Gasteiger partial charge >= 0.3 is 0 Å². The van der Waals surface area contributed by atoms with Crippen molar-refractivity contribution in [2.45, 2.75) is 26.9 Å². The second kappa shape index (κ2) is 7.70. The van der Waals surface area contributed by atoms with E-state index in [4.69, 9.17) is 4.74 Å². The van der Waals surface area contributed by atoms with Crippen LogP contribution in [0.1, 0.15) is 19.5 Å². The maximum absolute atomic E-state index is 5.71. The number of benzene rings is 1. The molecule has 0 spiro atoms. The molecular formula is C16H23N3O. The van der Waals surface area contributed by atoms with Crippen molar-refractivity contribution in [3.63, 3.8) is 0 Å². The lowest BCUT2D eigenvalue weighted by Crippen LogP contribution is -2.21. The summed E-state index contributed by atoms with van der Waals surface area (Å²) in [5.74, 6) is 1.57. The molecule has 0 fully saturated rings. The summed E-state index contributed by atoms with van der Waals surface area (Å²) in [7, 11) is 0. The average Bonchev–Trinajstić information content (AvgIpc) is 2.87. The Bertz CT molecular complexity index is 493. The summed E-state index contributed by atoms with van der Waals surface area (Å²) in [4.78, 5) is 4.21. The number of nitrogens with zero attached hydrogens (tertiary/aromatic N) is 2. The summed E-state index contributed by atoms with van der Waals surface area (Å²) in [5, 5.41) is 3.43. The fourth-order valence-electron chi connectivity index (χ4n) is 1.96. The zero-order chi connectivity index (χ0) is 14.2. The van der Waals surface area contributed by atoms with Crippen LogP contribution >= 0.6 is 0 Å². The SMILES string of the molecule is CC(C)CNCc1cncn1CCOc1ccccc1. The van der Waals surface area contributed by atoms with Gasteiger partial charge in [-0.1, -0.05) is 32.0 Å². The Kier molecular flexibility index (Phi) is 5.62. The second-order valence-electron chi connectivity index (χ2n) is 5.26. The molecule has 2 rings (SSSR count). The minimum Gasteiger partial charge on any atom is -0.492 e. The van der Waals surface area contributed by atoms with Gasteiger partial charge in [-0.3, -0.25) is 0 Å². The van der Waals surface area contributed by atoms with E-state index in [1.54, 1.807) is 0 Å². The Morgan fingerprint density at radius 1 is 1.25 bits per heavy atom. The molecule has 0 amide bonds. The number of hydrogen-bond acceptors (Lipinski definition) is 3. The first-order valence-corrected chi connectivity index (χ1v) is 7.13.